The Labute approximate surface area is 113 Å². The fourth-order valence-corrected chi connectivity index (χ4v) is 3.19. The van der Waals surface area contributed by atoms with Gasteiger partial charge >= 0.3 is 0 Å². The van der Waals surface area contributed by atoms with E-state index in [1.807, 2.05) is 12.3 Å². The molecule has 2 aliphatic rings. The molecule has 0 amide bonds. The predicted octanol–water partition coefficient (Wildman–Crippen LogP) is 2.31. The number of nitrogens with zero attached hydrogens (tertiary/aromatic N) is 3. The summed E-state index contributed by atoms with van der Waals surface area (Å²) in [6, 6.07) is 4.73. The molecule has 1 aliphatic carbocycles. The molecule has 1 atom stereocenters. The lowest BCUT2D eigenvalue weighted by molar-refractivity contribution is 0.367. The van der Waals surface area contributed by atoms with Gasteiger partial charge in [-0.25, -0.2) is 9.97 Å². The summed E-state index contributed by atoms with van der Waals surface area (Å²) in [4.78, 5) is 9.38. The summed E-state index contributed by atoms with van der Waals surface area (Å²) < 4.78 is 2.41. The van der Waals surface area contributed by atoms with Gasteiger partial charge in [0.15, 0.2) is 5.65 Å². The molecule has 4 rings (SSSR count). The zero-order valence-electron chi connectivity index (χ0n) is 11.2. The van der Waals surface area contributed by atoms with Crippen molar-refractivity contribution in [2.45, 2.75) is 38.1 Å². The van der Waals surface area contributed by atoms with Crippen LogP contribution in [0.2, 0.25) is 0 Å². The first kappa shape index (κ1) is 11.4. The Morgan fingerprint density at radius 1 is 1.32 bits per heavy atom. The lowest BCUT2D eigenvalue weighted by Crippen LogP contribution is -2.31. The zero-order chi connectivity index (χ0) is 12.7. The molecular weight excluding hydrogens is 236 g/mol. The van der Waals surface area contributed by atoms with Gasteiger partial charge in [0.2, 0.25) is 0 Å². The van der Waals surface area contributed by atoms with E-state index >= 15 is 0 Å². The topological polar surface area (TPSA) is 42.7 Å². The van der Waals surface area contributed by atoms with Crippen LogP contribution in [0.5, 0.6) is 0 Å². The molecule has 1 saturated heterocycles. The van der Waals surface area contributed by atoms with Crippen LogP contribution in [0, 0.1) is 5.92 Å². The Hall–Kier alpha value is -1.42. The van der Waals surface area contributed by atoms with Crippen molar-refractivity contribution in [1.29, 1.82) is 0 Å². The lowest BCUT2D eigenvalue weighted by Gasteiger charge is -2.22. The highest BCUT2D eigenvalue weighted by Crippen LogP contribution is 2.38. The summed E-state index contributed by atoms with van der Waals surface area (Å²) in [6.45, 7) is 2.32. The minimum atomic E-state index is 0.659. The maximum Gasteiger partial charge on any atom is 0.160 e. The Morgan fingerprint density at radius 3 is 3.05 bits per heavy atom. The zero-order valence-corrected chi connectivity index (χ0v) is 11.2. The normalized spacial score (nSPS) is 23.9. The number of aromatic nitrogens is 3. The molecule has 1 unspecified atom stereocenters. The number of pyridine rings is 1. The monoisotopic (exact) mass is 256 g/mol. The van der Waals surface area contributed by atoms with Gasteiger partial charge in [0.1, 0.15) is 11.3 Å². The maximum atomic E-state index is 4.84. The first-order valence-corrected chi connectivity index (χ1v) is 7.44. The van der Waals surface area contributed by atoms with Gasteiger partial charge in [0.05, 0.1) is 0 Å². The van der Waals surface area contributed by atoms with E-state index in [0.29, 0.717) is 6.04 Å². The molecule has 1 saturated carbocycles. The fourth-order valence-electron chi connectivity index (χ4n) is 3.19. The van der Waals surface area contributed by atoms with Crippen molar-refractivity contribution < 1.29 is 0 Å². The Kier molecular flexibility index (Phi) is 2.76. The highest BCUT2D eigenvalue weighted by atomic mass is 15.2. The van der Waals surface area contributed by atoms with Gasteiger partial charge < -0.3 is 9.88 Å². The molecule has 1 aliphatic heterocycles. The molecule has 3 heterocycles. The van der Waals surface area contributed by atoms with Gasteiger partial charge in [0.25, 0.3) is 0 Å². The molecule has 0 aromatic carbocycles. The van der Waals surface area contributed by atoms with Crippen molar-refractivity contribution in [3.05, 3.63) is 24.2 Å². The van der Waals surface area contributed by atoms with Crippen molar-refractivity contribution in [2.75, 3.05) is 13.1 Å². The third kappa shape index (κ3) is 2.14. The van der Waals surface area contributed by atoms with Crippen LogP contribution in [0.3, 0.4) is 0 Å². The van der Waals surface area contributed by atoms with E-state index in [0.717, 1.165) is 30.0 Å². The van der Waals surface area contributed by atoms with Crippen LogP contribution in [0.25, 0.3) is 11.2 Å². The Bertz CT molecular complexity index is 579. The highest BCUT2D eigenvalue weighted by molar-refractivity contribution is 5.71. The van der Waals surface area contributed by atoms with Crippen molar-refractivity contribution in [2.24, 2.45) is 5.92 Å². The Balaban J connectivity index is 1.69. The summed E-state index contributed by atoms with van der Waals surface area (Å²) >= 11 is 0. The standard InChI is InChI=1S/C15H20N4/c1-3-11(10-16-7-1)9-14-18-13-4-2-8-17-15(13)19(14)12-5-6-12/h2,4,8,11-12,16H,1,3,5-7,9-10H2. The number of hydrogen-bond donors (Lipinski definition) is 1. The average Bonchev–Trinajstić information content (AvgIpc) is 3.21. The van der Waals surface area contributed by atoms with Crippen molar-refractivity contribution in [3.8, 4) is 0 Å². The van der Waals surface area contributed by atoms with Gasteiger partial charge in [-0.3, -0.25) is 0 Å². The van der Waals surface area contributed by atoms with E-state index in [9.17, 15) is 0 Å². The van der Waals surface area contributed by atoms with Gasteiger partial charge in [-0.05, 0) is 56.8 Å². The van der Waals surface area contributed by atoms with Crippen molar-refractivity contribution >= 4 is 11.2 Å². The van der Waals surface area contributed by atoms with Crippen LogP contribution >= 0.6 is 0 Å². The third-order valence-electron chi connectivity index (χ3n) is 4.30. The predicted molar refractivity (Wildman–Crippen MR) is 75.1 cm³/mol. The quantitative estimate of drug-likeness (QED) is 0.916. The number of rotatable bonds is 3. The van der Waals surface area contributed by atoms with E-state index in [1.54, 1.807) is 0 Å². The summed E-state index contributed by atoms with van der Waals surface area (Å²) in [7, 11) is 0. The van der Waals surface area contributed by atoms with Crippen LogP contribution in [0.1, 0.15) is 37.5 Å². The summed E-state index contributed by atoms with van der Waals surface area (Å²) in [5.74, 6) is 1.99. The van der Waals surface area contributed by atoms with Crippen LogP contribution in [-0.4, -0.2) is 27.6 Å². The summed E-state index contributed by atoms with van der Waals surface area (Å²) in [5, 5.41) is 3.50. The van der Waals surface area contributed by atoms with Crippen molar-refractivity contribution in [3.63, 3.8) is 0 Å². The second kappa shape index (κ2) is 4.60. The largest absolute Gasteiger partial charge is 0.316 e. The molecule has 19 heavy (non-hydrogen) atoms. The smallest absolute Gasteiger partial charge is 0.160 e. The fraction of sp³-hybridized carbons (Fsp3) is 0.600. The Morgan fingerprint density at radius 2 is 2.26 bits per heavy atom. The number of nitrogens with one attached hydrogen (secondary N) is 1. The van der Waals surface area contributed by atoms with E-state index in [-0.39, 0.29) is 0 Å². The van der Waals surface area contributed by atoms with Gasteiger partial charge in [0, 0.05) is 18.7 Å². The minimum absolute atomic E-state index is 0.659. The van der Waals surface area contributed by atoms with Crippen molar-refractivity contribution in [1.82, 2.24) is 19.9 Å². The lowest BCUT2D eigenvalue weighted by atomic mass is 9.96. The minimum Gasteiger partial charge on any atom is -0.316 e. The molecule has 2 fully saturated rings. The SMILES string of the molecule is c1cnc2c(c1)nc(CC1CCCNC1)n2C1CC1. The molecule has 4 heteroatoms. The summed E-state index contributed by atoms with van der Waals surface area (Å²) in [6.07, 6.45) is 8.19. The van der Waals surface area contributed by atoms with Crippen LogP contribution in [-0.2, 0) is 6.42 Å². The van der Waals surface area contributed by atoms with Gasteiger partial charge in [-0.2, -0.15) is 0 Å². The molecular formula is C15H20N4. The maximum absolute atomic E-state index is 4.84. The highest BCUT2D eigenvalue weighted by Gasteiger charge is 2.29. The molecule has 0 bridgehead atoms. The van der Waals surface area contributed by atoms with Gasteiger partial charge in [-0.1, -0.05) is 0 Å². The van der Waals surface area contributed by atoms with E-state index < -0.39 is 0 Å². The van der Waals surface area contributed by atoms with Crippen LogP contribution in [0.15, 0.2) is 18.3 Å². The molecule has 0 radical (unpaired) electrons. The van der Waals surface area contributed by atoms with Gasteiger partial charge in [-0.15, -0.1) is 0 Å². The second-order valence-corrected chi connectivity index (χ2v) is 5.89. The third-order valence-corrected chi connectivity index (χ3v) is 4.30. The molecule has 100 valence electrons. The number of fused-ring (bicyclic) bond motifs is 1. The molecule has 0 spiro atoms. The molecule has 1 N–H and O–H groups in total. The molecule has 2 aromatic rings. The molecule has 4 nitrogen and oxygen atoms in total. The number of imidazole rings is 1. The first-order valence-electron chi connectivity index (χ1n) is 7.44. The second-order valence-electron chi connectivity index (χ2n) is 5.89. The van der Waals surface area contributed by atoms with Crippen LogP contribution in [0.4, 0.5) is 0 Å². The van der Waals surface area contributed by atoms with E-state index in [2.05, 4.69) is 20.9 Å². The first-order chi connectivity index (χ1) is 9.42. The van der Waals surface area contributed by atoms with E-state index in [1.165, 1.54) is 38.1 Å². The average molecular weight is 256 g/mol. The number of piperidine rings is 1. The van der Waals surface area contributed by atoms with E-state index in [4.69, 9.17) is 4.98 Å². The summed E-state index contributed by atoms with van der Waals surface area (Å²) in [5.41, 5.74) is 2.15. The molecule has 2 aromatic heterocycles. The van der Waals surface area contributed by atoms with Crippen LogP contribution < -0.4 is 5.32 Å². The number of hydrogen-bond acceptors (Lipinski definition) is 3.